The standard InChI is InChI=1S/C12H20N8OS/c1-15-12(19-9-13)18-4-3-16-11(14)17-5-7-22-8-10-2-6-21-20-10/h2,6H,3-5,7-8H2,1H3,(H3,14,16,17)(H2,15,18,19). The zero-order valence-electron chi connectivity index (χ0n) is 12.3. The van der Waals surface area contributed by atoms with E-state index >= 15 is 0 Å². The van der Waals surface area contributed by atoms with Crippen molar-refractivity contribution in [3.05, 3.63) is 18.0 Å². The Labute approximate surface area is 133 Å². The van der Waals surface area contributed by atoms with Gasteiger partial charge in [-0.3, -0.25) is 15.7 Å². The highest BCUT2D eigenvalue weighted by Crippen LogP contribution is 2.08. The summed E-state index contributed by atoms with van der Waals surface area (Å²) in [4.78, 5) is 3.85. The first kappa shape index (κ1) is 17.6. The predicted molar refractivity (Wildman–Crippen MR) is 86.5 cm³/mol. The summed E-state index contributed by atoms with van der Waals surface area (Å²) < 4.78 is 4.75. The SMILES string of the molecule is C/N=C(/NC#N)NCCNC(=N)NCCSCc1ccon1. The molecule has 0 aliphatic carbocycles. The molecule has 0 aliphatic rings. The highest BCUT2D eigenvalue weighted by molar-refractivity contribution is 7.98. The van der Waals surface area contributed by atoms with E-state index in [1.54, 1.807) is 31.3 Å². The lowest BCUT2D eigenvalue weighted by molar-refractivity contribution is 0.414. The van der Waals surface area contributed by atoms with Gasteiger partial charge in [0.15, 0.2) is 12.2 Å². The Hall–Kier alpha value is -2.41. The van der Waals surface area contributed by atoms with Gasteiger partial charge in [-0.1, -0.05) is 5.16 Å². The van der Waals surface area contributed by atoms with E-state index in [0.29, 0.717) is 25.6 Å². The van der Waals surface area contributed by atoms with Crippen molar-refractivity contribution in [1.82, 2.24) is 26.4 Å². The first-order valence-electron chi connectivity index (χ1n) is 6.65. The zero-order valence-corrected chi connectivity index (χ0v) is 13.2. The topological polar surface area (TPSA) is 134 Å². The van der Waals surface area contributed by atoms with Crippen LogP contribution in [0.2, 0.25) is 0 Å². The van der Waals surface area contributed by atoms with Crippen LogP contribution in [-0.4, -0.2) is 49.5 Å². The van der Waals surface area contributed by atoms with Gasteiger partial charge < -0.3 is 20.5 Å². The maximum Gasteiger partial charge on any atom is 0.204 e. The van der Waals surface area contributed by atoms with Gasteiger partial charge in [-0.15, -0.1) is 0 Å². The van der Waals surface area contributed by atoms with Crippen molar-refractivity contribution >= 4 is 23.7 Å². The minimum atomic E-state index is 0.270. The van der Waals surface area contributed by atoms with Gasteiger partial charge in [0.2, 0.25) is 5.96 Å². The largest absolute Gasteiger partial charge is 0.364 e. The molecular formula is C12H20N8OS. The Morgan fingerprint density at radius 1 is 1.41 bits per heavy atom. The monoisotopic (exact) mass is 324 g/mol. The minimum Gasteiger partial charge on any atom is -0.364 e. The lowest BCUT2D eigenvalue weighted by Crippen LogP contribution is -2.43. The third-order valence-corrected chi connectivity index (χ3v) is 3.40. The molecule has 22 heavy (non-hydrogen) atoms. The van der Waals surface area contributed by atoms with Gasteiger partial charge in [-0.05, 0) is 0 Å². The summed E-state index contributed by atoms with van der Waals surface area (Å²) in [7, 11) is 1.58. The molecule has 0 unspecified atom stereocenters. The van der Waals surface area contributed by atoms with E-state index in [0.717, 1.165) is 17.2 Å². The molecule has 1 aromatic heterocycles. The quantitative estimate of drug-likeness (QED) is 0.144. The number of hydrogen-bond donors (Lipinski definition) is 5. The van der Waals surface area contributed by atoms with Crippen LogP contribution in [0.25, 0.3) is 0 Å². The van der Waals surface area contributed by atoms with Gasteiger partial charge >= 0.3 is 0 Å². The van der Waals surface area contributed by atoms with Crippen LogP contribution in [-0.2, 0) is 5.75 Å². The lowest BCUT2D eigenvalue weighted by atomic mass is 10.5. The van der Waals surface area contributed by atoms with Gasteiger partial charge in [0, 0.05) is 44.3 Å². The number of nitrogens with one attached hydrogen (secondary N) is 5. The third-order valence-electron chi connectivity index (χ3n) is 2.41. The van der Waals surface area contributed by atoms with Crippen molar-refractivity contribution in [1.29, 1.82) is 10.7 Å². The number of rotatable bonds is 8. The Morgan fingerprint density at radius 2 is 2.18 bits per heavy atom. The fraction of sp³-hybridized carbons (Fsp3) is 0.500. The lowest BCUT2D eigenvalue weighted by Gasteiger charge is -2.11. The van der Waals surface area contributed by atoms with Crippen molar-refractivity contribution in [2.75, 3.05) is 32.4 Å². The van der Waals surface area contributed by atoms with Crippen LogP contribution in [0, 0.1) is 16.9 Å². The summed E-state index contributed by atoms with van der Waals surface area (Å²) in [6.45, 7) is 1.79. The predicted octanol–water partition coefficient (Wildman–Crippen LogP) is -0.332. The molecule has 0 bridgehead atoms. The molecule has 0 saturated heterocycles. The van der Waals surface area contributed by atoms with Crippen LogP contribution in [0.1, 0.15) is 5.69 Å². The Morgan fingerprint density at radius 3 is 2.86 bits per heavy atom. The van der Waals surface area contributed by atoms with E-state index in [-0.39, 0.29) is 5.96 Å². The number of hydrogen-bond acceptors (Lipinski definition) is 6. The zero-order chi connectivity index (χ0) is 16.0. The summed E-state index contributed by atoms with van der Waals surface area (Å²) in [6.07, 6.45) is 3.35. The molecule has 120 valence electrons. The second-order valence-electron chi connectivity index (χ2n) is 4.01. The van der Waals surface area contributed by atoms with Crippen molar-refractivity contribution < 1.29 is 4.52 Å². The number of thioether (sulfide) groups is 1. The van der Waals surface area contributed by atoms with Crippen molar-refractivity contribution in [3.63, 3.8) is 0 Å². The van der Waals surface area contributed by atoms with E-state index in [1.165, 1.54) is 0 Å². The average Bonchev–Trinajstić information content (AvgIpc) is 3.03. The number of nitrogens with zero attached hydrogens (tertiary/aromatic N) is 3. The van der Waals surface area contributed by atoms with Crippen LogP contribution in [0.4, 0.5) is 0 Å². The van der Waals surface area contributed by atoms with Gasteiger partial charge in [0.1, 0.15) is 6.26 Å². The second-order valence-corrected chi connectivity index (χ2v) is 5.11. The fourth-order valence-corrected chi connectivity index (χ4v) is 2.15. The van der Waals surface area contributed by atoms with Crippen LogP contribution in [0.3, 0.4) is 0 Å². The maximum absolute atomic E-state index is 8.46. The molecule has 1 rings (SSSR count). The molecule has 10 heteroatoms. The van der Waals surface area contributed by atoms with Crippen molar-refractivity contribution in [2.24, 2.45) is 4.99 Å². The smallest absolute Gasteiger partial charge is 0.204 e. The Kier molecular flexibility index (Phi) is 9.04. The third kappa shape index (κ3) is 8.01. The van der Waals surface area contributed by atoms with Gasteiger partial charge in [0.25, 0.3) is 0 Å². The number of nitriles is 1. The molecule has 0 saturated carbocycles. The van der Waals surface area contributed by atoms with Crippen LogP contribution < -0.4 is 21.3 Å². The molecule has 0 amide bonds. The molecule has 1 aromatic rings. The van der Waals surface area contributed by atoms with Crippen LogP contribution in [0.5, 0.6) is 0 Å². The summed E-state index contributed by atoms with van der Waals surface area (Å²) in [5, 5.41) is 31.2. The van der Waals surface area contributed by atoms with Gasteiger partial charge in [-0.2, -0.15) is 17.0 Å². The van der Waals surface area contributed by atoms with Gasteiger partial charge in [0.05, 0.1) is 5.69 Å². The Bertz CT molecular complexity index is 496. The van der Waals surface area contributed by atoms with E-state index in [9.17, 15) is 0 Å². The Balaban J connectivity index is 1.96. The molecule has 5 N–H and O–H groups in total. The van der Waals surface area contributed by atoms with E-state index < -0.39 is 0 Å². The van der Waals surface area contributed by atoms with Gasteiger partial charge in [-0.25, -0.2) is 0 Å². The fourth-order valence-electron chi connectivity index (χ4n) is 1.40. The molecule has 9 nitrogen and oxygen atoms in total. The van der Waals surface area contributed by atoms with E-state index in [1.807, 2.05) is 6.07 Å². The van der Waals surface area contributed by atoms with Crippen molar-refractivity contribution in [2.45, 2.75) is 5.75 Å². The second kappa shape index (κ2) is 11.3. The van der Waals surface area contributed by atoms with E-state index in [2.05, 4.69) is 31.4 Å². The molecule has 0 aliphatic heterocycles. The number of aliphatic imine (C=N–C) groups is 1. The summed E-state index contributed by atoms with van der Waals surface area (Å²) in [5.41, 5.74) is 0.920. The molecule has 1 heterocycles. The first-order chi connectivity index (χ1) is 10.8. The highest BCUT2D eigenvalue weighted by atomic mass is 32.2. The number of aromatic nitrogens is 1. The summed E-state index contributed by atoms with van der Waals surface area (Å²) in [5.74, 6) is 2.35. The minimum absolute atomic E-state index is 0.270. The molecular weight excluding hydrogens is 304 g/mol. The van der Waals surface area contributed by atoms with Crippen molar-refractivity contribution in [3.8, 4) is 6.19 Å². The molecule has 0 spiro atoms. The highest BCUT2D eigenvalue weighted by Gasteiger charge is 1.99. The molecule has 0 radical (unpaired) electrons. The molecule has 0 atom stereocenters. The van der Waals surface area contributed by atoms with Crippen LogP contribution in [0.15, 0.2) is 21.8 Å². The molecule has 0 fully saturated rings. The van der Waals surface area contributed by atoms with Crippen LogP contribution >= 0.6 is 11.8 Å². The summed E-state index contributed by atoms with van der Waals surface area (Å²) in [6, 6.07) is 1.84. The normalized spacial score (nSPS) is 10.6. The first-order valence-corrected chi connectivity index (χ1v) is 7.80. The summed E-state index contributed by atoms with van der Waals surface area (Å²) >= 11 is 1.72. The average molecular weight is 324 g/mol. The number of guanidine groups is 2. The molecule has 0 aromatic carbocycles. The van der Waals surface area contributed by atoms with E-state index in [4.69, 9.17) is 15.2 Å². The maximum atomic E-state index is 8.46.